The Morgan fingerprint density at radius 2 is 1.95 bits per heavy atom. The van der Waals surface area contributed by atoms with Gasteiger partial charge in [0.25, 0.3) is 11.8 Å². The van der Waals surface area contributed by atoms with Crippen molar-refractivity contribution in [3.05, 3.63) is 72.1 Å². The summed E-state index contributed by atoms with van der Waals surface area (Å²) in [6.07, 6.45) is 2.65. The number of halogens is 2. The summed E-state index contributed by atoms with van der Waals surface area (Å²) in [4.78, 5) is 20.3. The van der Waals surface area contributed by atoms with E-state index in [9.17, 15) is 9.90 Å². The molecule has 0 bridgehead atoms. The molecule has 12 nitrogen and oxygen atoms in total. The number of nitrogen functional groups attached to an aromatic ring is 1. The zero-order valence-electron chi connectivity index (χ0n) is 23.1. The molecule has 2 atom stereocenters. The number of aromatic nitrogens is 3. The minimum Gasteiger partial charge on any atom is -0.504 e. The molecule has 2 unspecified atom stereocenters. The number of ether oxygens (including phenoxy) is 4. The minimum absolute atomic E-state index is 0.0829. The normalized spacial score (nSPS) is 16.1. The van der Waals surface area contributed by atoms with E-state index in [-0.39, 0.29) is 42.5 Å². The van der Waals surface area contributed by atoms with Gasteiger partial charge in [0.05, 0.1) is 6.61 Å². The number of amidine groups is 1. The zero-order chi connectivity index (χ0) is 30.7. The van der Waals surface area contributed by atoms with Crippen LogP contribution in [-0.4, -0.2) is 56.7 Å². The first-order chi connectivity index (χ1) is 20.6. The number of carbonyl (C=O) groups excluding carboxylic acids is 1. The summed E-state index contributed by atoms with van der Waals surface area (Å²) in [6.45, 7) is 1.95. The molecule has 3 heterocycles. The molecule has 43 heavy (non-hydrogen) atoms. The maximum absolute atomic E-state index is 15.8. The summed E-state index contributed by atoms with van der Waals surface area (Å²) in [7, 11) is 1.81. The highest BCUT2D eigenvalue weighted by atomic mass is 19.1. The number of imidazole rings is 1. The largest absolute Gasteiger partial charge is 0.504 e. The van der Waals surface area contributed by atoms with Crippen molar-refractivity contribution >= 4 is 11.8 Å². The van der Waals surface area contributed by atoms with Crippen LogP contribution in [0.1, 0.15) is 18.9 Å². The summed E-state index contributed by atoms with van der Waals surface area (Å²) in [5.41, 5.74) is 6.37. The van der Waals surface area contributed by atoms with Gasteiger partial charge in [-0.1, -0.05) is 12.1 Å². The smallest absolute Gasteiger partial charge is 0.323 e. The second-order valence-corrected chi connectivity index (χ2v) is 9.56. The topological polar surface area (TPSA) is 167 Å². The van der Waals surface area contributed by atoms with Crippen molar-refractivity contribution in [3.63, 3.8) is 0 Å². The third kappa shape index (κ3) is 6.33. The number of esters is 1. The van der Waals surface area contributed by atoms with Crippen LogP contribution in [0.3, 0.4) is 0 Å². The van der Waals surface area contributed by atoms with Gasteiger partial charge in [-0.25, -0.2) is 4.98 Å². The molecule has 0 spiro atoms. The highest BCUT2D eigenvalue weighted by Crippen LogP contribution is 2.40. The van der Waals surface area contributed by atoms with Gasteiger partial charge >= 0.3 is 5.97 Å². The number of hydrogen-bond acceptors (Lipinski definition) is 10. The molecule has 0 amide bonds. The van der Waals surface area contributed by atoms with E-state index in [1.807, 2.05) is 7.05 Å². The number of carbonyl (C=O) groups is 1. The Balaban J connectivity index is 1.51. The highest BCUT2D eigenvalue weighted by molar-refractivity contribution is 5.95. The molecule has 0 saturated carbocycles. The molecule has 5 rings (SSSR count). The Bertz CT molecular complexity index is 1680. The Kier molecular flexibility index (Phi) is 8.39. The van der Waals surface area contributed by atoms with E-state index in [0.717, 1.165) is 0 Å². The van der Waals surface area contributed by atoms with Crippen molar-refractivity contribution in [1.82, 2.24) is 19.9 Å². The van der Waals surface area contributed by atoms with Gasteiger partial charge in [-0.2, -0.15) is 13.8 Å². The monoisotopic (exact) mass is 594 g/mol. The molecule has 1 aliphatic heterocycles. The van der Waals surface area contributed by atoms with Gasteiger partial charge in [-0.15, -0.1) is 0 Å². The number of nitrogens with two attached hydrogens (primary N) is 1. The molecule has 5 N–H and O–H groups in total. The number of benzene rings is 2. The van der Waals surface area contributed by atoms with Gasteiger partial charge in [0.15, 0.2) is 11.5 Å². The van der Waals surface area contributed by atoms with Gasteiger partial charge < -0.3 is 39.7 Å². The molecule has 1 fully saturated rings. The number of aromatic hydroxyl groups is 1. The number of aryl methyl sites for hydroxylation is 1. The first-order valence-corrected chi connectivity index (χ1v) is 13.2. The lowest BCUT2D eigenvalue weighted by Gasteiger charge is -2.18. The van der Waals surface area contributed by atoms with Crippen LogP contribution in [0.4, 0.5) is 8.78 Å². The van der Waals surface area contributed by atoms with Crippen LogP contribution in [0, 0.1) is 17.0 Å². The third-order valence-corrected chi connectivity index (χ3v) is 6.53. The molecule has 0 radical (unpaired) electrons. The van der Waals surface area contributed by atoms with Crippen molar-refractivity contribution < 1.29 is 37.6 Å². The van der Waals surface area contributed by atoms with E-state index in [1.54, 1.807) is 48.1 Å². The van der Waals surface area contributed by atoms with Crippen molar-refractivity contribution in [3.8, 4) is 46.1 Å². The first-order valence-electron chi connectivity index (χ1n) is 13.2. The lowest BCUT2D eigenvalue weighted by Crippen LogP contribution is -2.32. The third-order valence-electron chi connectivity index (χ3n) is 6.53. The van der Waals surface area contributed by atoms with Crippen LogP contribution in [0.2, 0.25) is 0 Å². The SMILES string of the molecule is CCOC(=O)C1CC(Oc2c(F)c(Oc3cccc(-c4nccn4C)c3)nc(Oc3cc(C(=N)N)ccc3O)c2F)CN1. The van der Waals surface area contributed by atoms with E-state index in [1.165, 1.54) is 18.2 Å². The highest BCUT2D eigenvalue weighted by Gasteiger charge is 2.35. The van der Waals surface area contributed by atoms with Crippen LogP contribution >= 0.6 is 0 Å². The number of nitrogens with one attached hydrogen (secondary N) is 2. The summed E-state index contributed by atoms with van der Waals surface area (Å²) in [5.74, 6) is -5.68. The van der Waals surface area contributed by atoms with Crippen LogP contribution in [-0.2, 0) is 16.6 Å². The summed E-state index contributed by atoms with van der Waals surface area (Å²) < 4.78 is 55.4. The van der Waals surface area contributed by atoms with E-state index in [0.29, 0.717) is 11.4 Å². The first kappa shape index (κ1) is 29.3. The van der Waals surface area contributed by atoms with Crippen molar-refractivity contribution in [2.45, 2.75) is 25.5 Å². The van der Waals surface area contributed by atoms with Crippen LogP contribution in [0.5, 0.6) is 34.8 Å². The second-order valence-electron chi connectivity index (χ2n) is 9.56. The molecule has 4 aromatic rings. The van der Waals surface area contributed by atoms with Gasteiger partial charge in [-0.05, 0) is 37.3 Å². The molecule has 0 aliphatic carbocycles. The summed E-state index contributed by atoms with van der Waals surface area (Å²) >= 11 is 0. The van der Waals surface area contributed by atoms with Crippen molar-refractivity contribution in [2.75, 3.05) is 13.2 Å². The Hall–Kier alpha value is -5.24. The molecule has 1 aliphatic rings. The molecular formula is C29H28F2N6O6. The summed E-state index contributed by atoms with van der Waals surface area (Å²) in [6, 6.07) is 9.64. The van der Waals surface area contributed by atoms with Crippen molar-refractivity contribution in [2.24, 2.45) is 12.8 Å². The van der Waals surface area contributed by atoms with Gasteiger partial charge in [0, 0.05) is 43.5 Å². The van der Waals surface area contributed by atoms with Crippen LogP contribution in [0.15, 0.2) is 54.9 Å². The zero-order valence-corrected chi connectivity index (χ0v) is 23.1. The van der Waals surface area contributed by atoms with Crippen LogP contribution < -0.4 is 25.3 Å². The standard InChI is InChI=1S/C29H28F2N6O6/c1-3-40-29(39)19-13-18(14-35-19)41-24-22(30)27(42-17-6-4-5-16(11-17)26-34-9-10-37(26)2)36-28(23(24)31)43-21-12-15(25(32)33)7-8-20(21)38/h4-12,18-19,35,38H,3,13-14H2,1-2H3,(H3,32,33). The Morgan fingerprint density at radius 1 is 1.19 bits per heavy atom. The Labute approximate surface area is 244 Å². The maximum Gasteiger partial charge on any atom is 0.323 e. The van der Waals surface area contributed by atoms with Gasteiger partial charge in [-0.3, -0.25) is 10.2 Å². The molecule has 14 heteroatoms. The number of nitrogens with zero attached hydrogens (tertiary/aromatic N) is 3. The van der Waals surface area contributed by atoms with E-state index in [4.69, 9.17) is 30.1 Å². The number of phenolic OH excluding ortho intramolecular Hbond substituents is 1. The second kappa shape index (κ2) is 12.3. The minimum atomic E-state index is -1.32. The number of rotatable bonds is 10. The molecule has 2 aromatic heterocycles. The predicted octanol–water partition coefficient (Wildman–Crippen LogP) is 4.01. The van der Waals surface area contributed by atoms with Crippen molar-refractivity contribution in [1.29, 1.82) is 5.41 Å². The number of phenols is 1. The van der Waals surface area contributed by atoms with E-state index in [2.05, 4.69) is 15.3 Å². The Morgan fingerprint density at radius 3 is 2.65 bits per heavy atom. The lowest BCUT2D eigenvalue weighted by atomic mass is 10.2. The molecule has 2 aromatic carbocycles. The lowest BCUT2D eigenvalue weighted by molar-refractivity contribution is -0.145. The van der Waals surface area contributed by atoms with Gasteiger partial charge in [0.1, 0.15) is 29.6 Å². The fourth-order valence-corrected chi connectivity index (χ4v) is 4.42. The molecule has 1 saturated heterocycles. The number of pyridine rings is 1. The average Bonchev–Trinajstić information content (AvgIpc) is 3.64. The fourth-order valence-electron chi connectivity index (χ4n) is 4.42. The fraction of sp³-hybridized carbons (Fsp3) is 0.241. The number of hydrogen-bond donors (Lipinski definition) is 4. The predicted molar refractivity (Wildman–Crippen MR) is 150 cm³/mol. The van der Waals surface area contributed by atoms with Crippen LogP contribution in [0.25, 0.3) is 11.4 Å². The van der Waals surface area contributed by atoms with E-state index < -0.39 is 53.0 Å². The maximum atomic E-state index is 15.8. The quantitative estimate of drug-likeness (QED) is 0.120. The molecular weight excluding hydrogens is 566 g/mol. The van der Waals surface area contributed by atoms with E-state index >= 15 is 8.78 Å². The average molecular weight is 595 g/mol. The summed E-state index contributed by atoms with van der Waals surface area (Å²) in [5, 5.41) is 20.9. The molecule has 224 valence electrons. The van der Waals surface area contributed by atoms with Gasteiger partial charge in [0.2, 0.25) is 17.4 Å².